The third-order valence-corrected chi connectivity index (χ3v) is 2.57. The normalized spacial score (nSPS) is 22.4. The molecule has 0 unspecified atom stereocenters. The van der Waals surface area contributed by atoms with Gasteiger partial charge < -0.3 is 5.32 Å². The van der Waals surface area contributed by atoms with Crippen LogP contribution < -0.4 is 5.32 Å². The van der Waals surface area contributed by atoms with E-state index >= 15 is 0 Å². The van der Waals surface area contributed by atoms with Gasteiger partial charge in [0.25, 0.3) is 0 Å². The summed E-state index contributed by atoms with van der Waals surface area (Å²) in [6, 6.07) is 0. The Morgan fingerprint density at radius 3 is 2.94 bits per heavy atom. The molecule has 0 atom stereocenters. The van der Waals surface area contributed by atoms with E-state index in [-0.39, 0.29) is 0 Å². The van der Waals surface area contributed by atoms with Crippen molar-refractivity contribution in [2.45, 2.75) is 32.6 Å². The number of hydrogen-bond acceptors (Lipinski definition) is 3. The molecule has 0 amide bonds. The highest BCUT2D eigenvalue weighted by atomic mass is 15.0. The summed E-state index contributed by atoms with van der Waals surface area (Å²) >= 11 is 0. The van der Waals surface area contributed by atoms with Crippen LogP contribution in [0.5, 0.6) is 0 Å². The van der Waals surface area contributed by atoms with Crippen molar-refractivity contribution in [1.29, 1.82) is 0 Å². The highest BCUT2D eigenvalue weighted by Gasteiger charge is 2.09. The van der Waals surface area contributed by atoms with Crippen LogP contribution in [0.3, 0.4) is 0 Å². The lowest BCUT2D eigenvalue weighted by Gasteiger charge is -2.05. The maximum atomic E-state index is 4.51. The fourth-order valence-electron chi connectivity index (χ4n) is 1.67. The van der Waals surface area contributed by atoms with Crippen LogP contribution in [-0.4, -0.2) is 11.9 Å². The van der Waals surface area contributed by atoms with Gasteiger partial charge in [-0.1, -0.05) is 25.8 Å². The largest absolute Gasteiger partial charge is 0.359 e. The first-order valence-corrected chi connectivity index (χ1v) is 5.86. The van der Waals surface area contributed by atoms with Gasteiger partial charge in [-0.25, -0.2) is 9.98 Å². The lowest BCUT2D eigenvalue weighted by Crippen LogP contribution is -2.06. The molecule has 1 N–H and O–H groups in total. The Morgan fingerprint density at radius 1 is 1.25 bits per heavy atom. The van der Waals surface area contributed by atoms with E-state index in [1.165, 1.54) is 19.3 Å². The van der Waals surface area contributed by atoms with Crippen molar-refractivity contribution in [1.82, 2.24) is 5.32 Å². The predicted molar refractivity (Wildman–Crippen MR) is 68.5 cm³/mol. The molecule has 2 aliphatic heterocycles. The van der Waals surface area contributed by atoms with Gasteiger partial charge in [0.1, 0.15) is 0 Å². The first-order chi connectivity index (χ1) is 7.90. The summed E-state index contributed by atoms with van der Waals surface area (Å²) in [6.07, 6.45) is 14.4. The van der Waals surface area contributed by atoms with Gasteiger partial charge in [-0.05, 0) is 25.0 Å². The molecule has 84 valence electrons. The number of rotatable bonds is 4. The number of allylic oxidation sites excluding steroid dienone is 3. The summed E-state index contributed by atoms with van der Waals surface area (Å²) < 4.78 is 0. The van der Waals surface area contributed by atoms with Gasteiger partial charge in [0.05, 0.1) is 17.6 Å². The molecule has 0 aliphatic carbocycles. The Morgan fingerprint density at radius 2 is 2.19 bits per heavy atom. The number of unbranched alkanes of at least 4 members (excludes halogenated alkanes) is 2. The zero-order valence-corrected chi connectivity index (χ0v) is 9.61. The van der Waals surface area contributed by atoms with E-state index in [9.17, 15) is 0 Å². The highest BCUT2D eigenvalue weighted by Crippen LogP contribution is 2.15. The van der Waals surface area contributed by atoms with E-state index in [1.807, 2.05) is 30.6 Å². The van der Waals surface area contributed by atoms with Crippen molar-refractivity contribution in [3.8, 4) is 0 Å². The second-order valence-electron chi connectivity index (χ2n) is 3.92. The van der Waals surface area contributed by atoms with E-state index in [4.69, 9.17) is 0 Å². The number of hydrogen-bond donors (Lipinski definition) is 1. The zero-order valence-electron chi connectivity index (χ0n) is 9.61. The molecule has 0 aromatic carbocycles. The minimum Gasteiger partial charge on any atom is -0.359 e. The Labute approximate surface area is 96.4 Å². The molecular formula is C13H17N3. The highest BCUT2D eigenvalue weighted by molar-refractivity contribution is 6.32. The molecule has 2 rings (SSSR count). The summed E-state index contributed by atoms with van der Waals surface area (Å²) in [4.78, 5) is 8.83. The van der Waals surface area contributed by atoms with Gasteiger partial charge in [0, 0.05) is 6.20 Å². The molecule has 0 fully saturated rings. The average Bonchev–Trinajstić information content (AvgIpc) is 2.79. The Bertz CT molecular complexity index is 397. The van der Waals surface area contributed by atoms with Gasteiger partial charge in [0.15, 0.2) is 5.82 Å². The van der Waals surface area contributed by atoms with Crippen LogP contribution in [0.2, 0.25) is 0 Å². The molecular weight excluding hydrogens is 198 g/mol. The quantitative estimate of drug-likeness (QED) is 0.719. The van der Waals surface area contributed by atoms with Crippen LogP contribution in [-0.2, 0) is 0 Å². The van der Waals surface area contributed by atoms with Crippen molar-refractivity contribution < 1.29 is 0 Å². The molecule has 0 bridgehead atoms. The topological polar surface area (TPSA) is 36.8 Å². The summed E-state index contributed by atoms with van der Waals surface area (Å²) in [6.45, 7) is 2.21. The van der Waals surface area contributed by atoms with E-state index in [2.05, 4.69) is 22.2 Å². The molecule has 3 heteroatoms. The second kappa shape index (κ2) is 5.45. The molecule has 2 heterocycles. The zero-order chi connectivity index (χ0) is 11.2. The molecule has 0 radical (unpaired) electrons. The van der Waals surface area contributed by atoms with E-state index in [0.717, 1.165) is 23.7 Å². The lowest BCUT2D eigenvalue weighted by atomic mass is 10.1. The van der Waals surface area contributed by atoms with Crippen molar-refractivity contribution in [3.05, 3.63) is 35.9 Å². The van der Waals surface area contributed by atoms with Crippen molar-refractivity contribution in [2.75, 3.05) is 0 Å². The molecule has 16 heavy (non-hydrogen) atoms. The van der Waals surface area contributed by atoms with Crippen LogP contribution in [0, 0.1) is 0 Å². The minimum atomic E-state index is 0.798. The molecule has 0 saturated heterocycles. The monoisotopic (exact) mass is 215 g/mol. The average molecular weight is 215 g/mol. The molecule has 0 aromatic rings. The standard InChI is InChI=1S/C13H17N3/c1-2-3-4-7-11-10-15-13(16-11)12-8-5-6-9-14-12/h5-6,8-10,14H,2-4,7H2,1H3. The van der Waals surface area contributed by atoms with Crippen molar-refractivity contribution in [3.63, 3.8) is 0 Å². The van der Waals surface area contributed by atoms with E-state index < -0.39 is 0 Å². The fourth-order valence-corrected chi connectivity index (χ4v) is 1.67. The van der Waals surface area contributed by atoms with E-state index in [0.29, 0.717) is 0 Å². The third kappa shape index (κ3) is 2.69. The van der Waals surface area contributed by atoms with E-state index in [1.54, 1.807) is 0 Å². The van der Waals surface area contributed by atoms with Crippen molar-refractivity contribution in [2.24, 2.45) is 9.98 Å². The maximum absolute atomic E-state index is 4.51. The Hall–Kier alpha value is -1.64. The van der Waals surface area contributed by atoms with Crippen LogP contribution in [0.25, 0.3) is 0 Å². The number of aliphatic imine (C=N–C) groups is 2. The maximum Gasteiger partial charge on any atom is 0.176 e. The Kier molecular flexibility index (Phi) is 3.70. The molecule has 2 aliphatic rings. The smallest absolute Gasteiger partial charge is 0.176 e. The molecule has 0 saturated carbocycles. The SMILES string of the molecule is CCCCCC1=NC(=C2C=CC=CN2)N=C1. The number of nitrogens with zero attached hydrogens (tertiary/aromatic N) is 2. The van der Waals surface area contributed by atoms with Crippen LogP contribution in [0.4, 0.5) is 0 Å². The molecule has 3 nitrogen and oxygen atoms in total. The number of dihydropyridines is 1. The Balaban J connectivity index is 1.98. The predicted octanol–water partition coefficient (Wildman–Crippen LogP) is 2.93. The van der Waals surface area contributed by atoms with Gasteiger partial charge in [-0.2, -0.15) is 0 Å². The lowest BCUT2D eigenvalue weighted by molar-refractivity contribution is 0.744. The second-order valence-corrected chi connectivity index (χ2v) is 3.92. The summed E-state index contributed by atoms with van der Waals surface area (Å²) in [5, 5.41) is 3.14. The summed E-state index contributed by atoms with van der Waals surface area (Å²) in [5.41, 5.74) is 2.07. The summed E-state index contributed by atoms with van der Waals surface area (Å²) in [7, 11) is 0. The number of nitrogens with one attached hydrogen (secondary N) is 1. The summed E-state index contributed by atoms with van der Waals surface area (Å²) in [5.74, 6) is 0.798. The van der Waals surface area contributed by atoms with Gasteiger partial charge in [-0.15, -0.1) is 0 Å². The van der Waals surface area contributed by atoms with Gasteiger partial charge in [-0.3, -0.25) is 0 Å². The molecule has 0 spiro atoms. The third-order valence-electron chi connectivity index (χ3n) is 2.57. The van der Waals surface area contributed by atoms with Gasteiger partial charge in [0.2, 0.25) is 0 Å². The van der Waals surface area contributed by atoms with Crippen molar-refractivity contribution >= 4 is 11.9 Å². The fraction of sp³-hybridized carbons (Fsp3) is 0.385. The van der Waals surface area contributed by atoms with Crippen LogP contribution >= 0.6 is 0 Å². The first-order valence-electron chi connectivity index (χ1n) is 5.86. The molecule has 0 aromatic heterocycles. The first kappa shape index (κ1) is 10.9. The minimum absolute atomic E-state index is 0.798. The van der Waals surface area contributed by atoms with Crippen LogP contribution in [0.1, 0.15) is 32.6 Å². The van der Waals surface area contributed by atoms with Gasteiger partial charge >= 0.3 is 0 Å². The van der Waals surface area contributed by atoms with Crippen LogP contribution in [0.15, 0.2) is 45.9 Å².